The van der Waals surface area contributed by atoms with Crippen LogP contribution in [0.1, 0.15) is 31.1 Å². The average molecular weight is 339 g/mol. The first kappa shape index (κ1) is 19.0. The van der Waals surface area contributed by atoms with Crippen LogP contribution < -0.4 is 5.32 Å². The topological polar surface area (TPSA) is 92.7 Å². The smallest absolute Gasteiger partial charge is 0.408 e. The third kappa shape index (κ3) is 7.69. The van der Waals surface area contributed by atoms with Crippen molar-refractivity contribution in [2.24, 2.45) is 0 Å². The third-order valence-corrected chi connectivity index (χ3v) is 3.64. The minimum Gasteiger partial charge on any atom is -0.480 e. The first-order chi connectivity index (χ1) is 10.7. The maximum atomic E-state index is 11.9. The fourth-order valence-corrected chi connectivity index (χ4v) is 2.53. The van der Waals surface area contributed by atoms with Crippen molar-refractivity contribution in [1.82, 2.24) is 5.32 Å². The lowest BCUT2D eigenvalue weighted by Gasteiger charge is -2.21. The summed E-state index contributed by atoms with van der Waals surface area (Å²) in [5.74, 6) is -1.04. The molecular weight excluding hydrogens is 318 g/mol. The quantitative estimate of drug-likeness (QED) is 0.742. The molecule has 0 radical (unpaired) electrons. The molecule has 0 aromatic heterocycles. The van der Waals surface area contributed by atoms with Crippen LogP contribution in [0.15, 0.2) is 30.3 Å². The van der Waals surface area contributed by atoms with Crippen molar-refractivity contribution >= 4 is 29.6 Å². The molecular formula is C16H21NO5S. The number of hydrogen-bond donors (Lipinski definition) is 2. The van der Waals surface area contributed by atoms with Gasteiger partial charge in [-0.05, 0) is 20.8 Å². The van der Waals surface area contributed by atoms with E-state index in [1.807, 2.05) is 6.07 Å². The van der Waals surface area contributed by atoms with E-state index >= 15 is 0 Å². The summed E-state index contributed by atoms with van der Waals surface area (Å²) in [6.07, 6.45) is -0.792. The van der Waals surface area contributed by atoms with Crippen LogP contribution in [0.5, 0.6) is 0 Å². The SMILES string of the molecule is CC(C)(C)OC(=O)N[C@@H](CSCC(=O)c1ccccc1)C(=O)O. The van der Waals surface area contributed by atoms with Gasteiger partial charge in [0.15, 0.2) is 5.78 Å². The predicted octanol–water partition coefficient (Wildman–Crippen LogP) is 2.58. The van der Waals surface area contributed by atoms with Gasteiger partial charge in [0.25, 0.3) is 0 Å². The van der Waals surface area contributed by atoms with Crippen LogP contribution in [0.4, 0.5) is 4.79 Å². The number of carbonyl (C=O) groups excluding carboxylic acids is 2. The van der Waals surface area contributed by atoms with E-state index in [1.54, 1.807) is 45.0 Å². The highest BCUT2D eigenvalue weighted by Crippen LogP contribution is 2.10. The second-order valence-corrected chi connectivity index (χ2v) is 6.87. The third-order valence-electron chi connectivity index (χ3n) is 2.60. The fourth-order valence-electron chi connectivity index (χ4n) is 1.60. The maximum absolute atomic E-state index is 11.9. The molecule has 1 atom stereocenters. The van der Waals surface area contributed by atoms with Gasteiger partial charge in [-0.1, -0.05) is 30.3 Å². The van der Waals surface area contributed by atoms with E-state index in [2.05, 4.69) is 5.32 Å². The number of alkyl carbamates (subject to hydrolysis) is 1. The van der Waals surface area contributed by atoms with Gasteiger partial charge in [-0.2, -0.15) is 11.8 Å². The number of carbonyl (C=O) groups is 3. The number of ketones is 1. The molecule has 1 aromatic rings. The number of amides is 1. The Morgan fingerprint density at radius 3 is 2.35 bits per heavy atom. The van der Waals surface area contributed by atoms with E-state index in [-0.39, 0.29) is 17.3 Å². The molecule has 0 saturated carbocycles. The average Bonchev–Trinajstić information content (AvgIpc) is 2.44. The van der Waals surface area contributed by atoms with Crippen LogP contribution in [-0.2, 0) is 9.53 Å². The van der Waals surface area contributed by atoms with Gasteiger partial charge >= 0.3 is 12.1 Å². The zero-order valence-corrected chi connectivity index (χ0v) is 14.2. The monoisotopic (exact) mass is 339 g/mol. The summed E-state index contributed by atoms with van der Waals surface area (Å²) in [6, 6.07) is 7.64. The van der Waals surface area contributed by atoms with Gasteiger partial charge < -0.3 is 15.2 Å². The number of rotatable bonds is 7. The zero-order chi connectivity index (χ0) is 17.5. The van der Waals surface area contributed by atoms with Crippen molar-refractivity contribution in [3.8, 4) is 0 Å². The van der Waals surface area contributed by atoms with Crippen molar-refractivity contribution in [2.75, 3.05) is 11.5 Å². The highest BCUT2D eigenvalue weighted by Gasteiger charge is 2.24. The molecule has 0 fully saturated rings. The summed E-state index contributed by atoms with van der Waals surface area (Å²) < 4.78 is 5.03. The highest BCUT2D eigenvalue weighted by molar-refractivity contribution is 8.00. The fraction of sp³-hybridized carbons (Fsp3) is 0.438. The van der Waals surface area contributed by atoms with E-state index in [0.29, 0.717) is 5.56 Å². The number of aliphatic carboxylic acids is 1. The lowest BCUT2D eigenvalue weighted by atomic mass is 10.2. The van der Waals surface area contributed by atoms with Crippen LogP contribution in [0, 0.1) is 0 Å². The molecule has 7 heteroatoms. The lowest BCUT2D eigenvalue weighted by Crippen LogP contribution is -2.45. The minimum absolute atomic E-state index is 0.0765. The Labute approximate surface area is 139 Å². The molecule has 1 amide bonds. The number of hydrogen-bond acceptors (Lipinski definition) is 5. The second kappa shape index (κ2) is 8.57. The van der Waals surface area contributed by atoms with E-state index < -0.39 is 23.7 Å². The number of nitrogens with one attached hydrogen (secondary N) is 1. The molecule has 1 rings (SSSR count). The minimum atomic E-state index is -1.17. The standard InChI is InChI=1S/C16H21NO5S/c1-16(2,3)22-15(21)17-12(14(19)20)9-23-10-13(18)11-7-5-4-6-8-11/h4-8,12H,9-10H2,1-3H3,(H,17,21)(H,19,20)/t12-/m0/s1. The first-order valence-corrected chi connectivity index (χ1v) is 8.23. The molecule has 0 aliphatic carbocycles. The van der Waals surface area contributed by atoms with Crippen LogP contribution in [0.3, 0.4) is 0 Å². The molecule has 0 unspecified atom stereocenters. The van der Waals surface area contributed by atoms with Gasteiger partial charge in [-0.25, -0.2) is 9.59 Å². The Balaban J connectivity index is 2.46. The van der Waals surface area contributed by atoms with Crippen LogP contribution >= 0.6 is 11.8 Å². The Hall–Kier alpha value is -2.02. The summed E-state index contributed by atoms with van der Waals surface area (Å²) in [4.78, 5) is 34.7. The number of carboxylic acid groups (broad SMARTS) is 1. The number of ether oxygens (including phenoxy) is 1. The summed E-state index contributed by atoms with van der Waals surface area (Å²) in [6.45, 7) is 5.07. The lowest BCUT2D eigenvalue weighted by molar-refractivity contribution is -0.138. The van der Waals surface area contributed by atoms with Gasteiger partial charge in [0, 0.05) is 11.3 Å². The normalized spacial score (nSPS) is 12.3. The van der Waals surface area contributed by atoms with Crippen molar-refractivity contribution < 1.29 is 24.2 Å². The molecule has 0 aliphatic heterocycles. The largest absolute Gasteiger partial charge is 0.480 e. The number of carboxylic acids is 1. The Bertz CT molecular complexity index is 553. The van der Waals surface area contributed by atoms with Gasteiger partial charge in [0.05, 0.1) is 5.75 Å². The molecule has 0 saturated heterocycles. The molecule has 0 bridgehead atoms. The van der Waals surface area contributed by atoms with E-state index in [4.69, 9.17) is 9.84 Å². The van der Waals surface area contributed by atoms with E-state index in [9.17, 15) is 14.4 Å². The summed E-state index contributed by atoms with van der Waals surface area (Å²) >= 11 is 1.15. The molecule has 6 nitrogen and oxygen atoms in total. The van der Waals surface area contributed by atoms with Gasteiger partial charge in [-0.15, -0.1) is 0 Å². The van der Waals surface area contributed by atoms with Crippen LogP contribution in [0.2, 0.25) is 0 Å². The zero-order valence-electron chi connectivity index (χ0n) is 13.4. The maximum Gasteiger partial charge on any atom is 0.408 e. The van der Waals surface area contributed by atoms with Crippen molar-refractivity contribution in [1.29, 1.82) is 0 Å². The first-order valence-electron chi connectivity index (χ1n) is 7.07. The van der Waals surface area contributed by atoms with E-state index in [1.165, 1.54) is 0 Å². The van der Waals surface area contributed by atoms with Crippen molar-refractivity contribution in [3.63, 3.8) is 0 Å². The van der Waals surface area contributed by atoms with E-state index in [0.717, 1.165) is 11.8 Å². The van der Waals surface area contributed by atoms with Crippen molar-refractivity contribution in [3.05, 3.63) is 35.9 Å². The summed E-state index contributed by atoms with van der Waals surface area (Å²) in [7, 11) is 0. The number of benzene rings is 1. The molecule has 0 spiro atoms. The molecule has 1 aromatic carbocycles. The van der Waals surface area contributed by atoms with Gasteiger partial charge in [-0.3, -0.25) is 4.79 Å². The number of thioether (sulfide) groups is 1. The van der Waals surface area contributed by atoms with Crippen LogP contribution in [-0.4, -0.2) is 46.1 Å². The molecule has 2 N–H and O–H groups in total. The summed E-state index contributed by atoms with van der Waals surface area (Å²) in [5.41, 5.74) is -0.129. The number of Topliss-reactive ketones (excluding diaryl/α,β-unsaturated/α-hetero) is 1. The van der Waals surface area contributed by atoms with Crippen molar-refractivity contribution in [2.45, 2.75) is 32.4 Å². The van der Waals surface area contributed by atoms with Crippen LogP contribution in [0.25, 0.3) is 0 Å². The molecule has 23 heavy (non-hydrogen) atoms. The molecule has 0 aliphatic rings. The predicted molar refractivity (Wildman–Crippen MR) is 88.9 cm³/mol. The second-order valence-electron chi connectivity index (χ2n) is 5.84. The van der Waals surface area contributed by atoms with Gasteiger partial charge in [0.1, 0.15) is 11.6 Å². The van der Waals surface area contributed by atoms with Gasteiger partial charge in [0.2, 0.25) is 0 Å². The Kier molecular flexibility index (Phi) is 7.09. The highest BCUT2D eigenvalue weighted by atomic mass is 32.2. The Morgan fingerprint density at radius 2 is 1.83 bits per heavy atom. The summed E-state index contributed by atoms with van der Waals surface area (Å²) in [5, 5.41) is 11.4. The Morgan fingerprint density at radius 1 is 1.22 bits per heavy atom. The molecule has 0 heterocycles. The molecule has 126 valence electrons.